The number of hydrogen-bond acceptors (Lipinski definition) is 5. The fraction of sp³-hybridized carbons (Fsp3) is 0.250. The van der Waals surface area contributed by atoms with Crippen LogP contribution >= 0.6 is 0 Å². The molecule has 0 spiro atoms. The summed E-state index contributed by atoms with van der Waals surface area (Å²) in [7, 11) is 0. The third-order valence-corrected chi connectivity index (χ3v) is 3.72. The zero-order chi connectivity index (χ0) is 15.9. The van der Waals surface area contributed by atoms with E-state index in [0.29, 0.717) is 24.2 Å². The van der Waals surface area contributed by atoms with Crippen molar-refractivity contribution in [3.05, 3.63) is 45.7 Å². The van der Waals surface area contributed by atoms with Gasteiger partial charge in [0, 0.05) is 24.4 Å². The van der Waals surface area contributed by atoms with E-state index in [1.807, 2.05) is 0 Å². The molecular weight excluding hydrogens is 286 g/mol. The van der Waals surface area contributed by atoms with Crippen LogP contribution in [0.2, 0.25) is 0 Å². The monoisotopic (exact) mass is 301 g/mol. The van der Waals surface area contributed by atoms with Crippen LogP contribution < -0.4 is 5.43 Å². The molecule has 0 amide bonds. The van der Waals surface area contributed by atoms with Gasteiger partial charge in [-0.25, -0.2) is 4.79 Å². The highest BCUT2D eigenvalue weighted by molar-refractivity contribution is 5.89. The Morgan fingerprint density at radius 3 is 2.73 bits per heavy atom. The molecule has 0 aliphatic carbocycles. The number of aromatic hydroxyl groups is 2. The second-order valence-electron chi connectivity index (χ2n) is 5.10. The summed E-state index contributed by atoms with van der Waals surface area (Å²) in [4.78, 5) is 23.9. The largest absolute Gasteiger partial charge is 0.504 e. The molecule has 6 nitrogen and oxygen atoms in total. The standard InChI is InChI=1S/C16H15NO5/c1-2-22-16(21)11-8-17-4-3-9-5-14(19)15(20)6-10(9)12(17)7-13(11)18/h5-8,19-20H,2-4H2,1H3. The molecule has 3 rings (SSSR count). The number of nitrogens with zero attached hydrogens (tertiary/aromatic N) is 1. The van der Waals surface area contributed by atoms with Crippen LogP contribution in [0.3, 0.4) is 0 Å². The molecule has 1 aromatic heterocycles. The van der Waals surface area contributed by atoms with Crippen LogP contribution in [0.1, 0.15) is 22.8 Å². The van der Waals surface area contributed by atoms with Crippen LogP contribution in [0.15, 0.2) is 29.2 Å². The van der Waals surface area contributed by atoms with Gasteiger partial charge in [0.2, 0.25) is 0 Å². The van der Waals surface area contributed by atoms with Crippen molar-refractivity contribution in [1.29, 1.82) is 0 Å². The highest BCUT2D eigenvalue weighted by Crippen LogP contribution is 2.36. The summed E-state index contributed by atoms with van der Waals surface area (Å²) in [5.74, 6) is -1.06. The Labute approximate surface area is 126 Å². The fourth-order valence-corrected chi connectivity index (χ4v) is 2.66. The summed E-state index contributed by atoms with van der Waals surface area (Å²) in [5.41, 5.74) is 1.70. The lowest BCUT2D eigenvalue weighted by atomic mass is 9.96. The predicted molar refractivity (Wildman–Crippen MR) is 79.1 cm³/mol. The molecule has 1 aliphatic rings. The van der Waals surface area contributed by atoms with Gasteiger partial charge in [0.1, 0.15) is 5.56 Å². The number of aryl methyl sites for hydroxylation is 2. The van der Waals surface area contributed by atoms with Crippen molar-refractivity contribution < 1.29 is 19.7 Å². The van der Waals surface area contributed by atoms with E-state index >= 15 is 0 Å². The molecule has 6 heteroatoms. The Balaban J connectivity index is 2.15. The number of pyridine rings is 1. The normalized spacial score (nSPS) is 12.4. The Kier molecular flexibility index (Phi) is 3.36. The van der Waals surface area contributed by atoms with E-state index in [1.165, 1.54) is 24.4 Å². The fourth-order valence-electron chi connectivity index (χ4n) is 2.66. The lowest BCUT2D eigenvalue weighted by Crippen LogP contribution is -2.23. The maximum Gasteiger partial charge on any atom is 0.343 e. The van der Waals surface area contributed by atoms with Gasteiger partial charge in [0.25, 0.3) is 0 Å². The van der Waals surface area contributed by atoms with E-state index in [0.717, 1.165) is 5.56 Å². The third kappa shape index (κ3) is 2.22. The van der Waals surface area contributed by atoms with E-state index in [-0.39, 0.29) is 23.7 Å². The number of ether oxygens (including phenoxy) is 1. The first-order valence-corrected chi connectivity index (χ1v) is 6.98. The third-order valence-electron chi connectivity index (χ3n) is 3.72. The summed E-state index contributed by atoms with van der Waals surface area (Å²) < 4.78 is 6.66. The molecule has 2 N–H and O–H groups in total. The summed E-state index contributed by atoms with van der Waals surface area (Å²) in [5, 5.41) is 19.2. The number of esters is 1. The predicted octanol–water partition coefficient (Wildman–Crippen LogP) is 1.66. The van der Waals surface area contributed by atoms with Gasteiger partial charge in [-0.05, 0) is 31.0 Å². The van der Waals surface area contributed by atoms with E-state index < -0.39 is 11.4 Å². The van der Waals surface area contributed by atoms with Gasteiger partial charge in [-0.3, -0.25) is 4.79 Å². The van der Waals surface area contributed by atoms with Crippen molar-refractivity contribution in [3.8, 4) is 22.8 Å². The number of aromatic nitrogens is 1. The molecule has 2 aromatic rings. The second-order valence-corrected chi connectivity index (χ2v) is 5.10. The number of fused-ring (bicyclic) bond motifs is 3. The van der Waals surface area contributed by atoms with E-state index in [2.05, 4.69) is 0 Å². The molecule has 0 saturated heterocycles. The van der Waals surface area contributed by atoms with Gasteiger partial charge in [-0.2, -0.15) is 0 Å². The molecule has 0 unspecified atom stereocenters. The average molecular weight is 301 g/mol. The number of benzene rings is 1. The summed E-state index contributed by atoms with van der Waals surface area (Å²) in [6.07, 6.45) is 2.11. The first kappa shape index (κ1) is 14.2. The maximum atomic E-state index is 12.1. The minimum Gasteiger partial charge on any atom is -0.504 e. The van der Waals surface area contributed by atoms with Gasteiger partial charge in [-0.1, -0.05) is 0 Å². The Bertz CT molecular complexity index is 822. The van der Waals surface area contributed by atoms with Crippen LogP contribution in [0, 0.1) is 0 Å². The topological polar surface area (TPSA) is 88.8 Å². The molecule has 0 saturated carbocycles. The van der Waals surface area contributed by atoms with Crippen LogP contribution in [-0.2, 0) is 17.7 Å². The SMILES string of the molecule is CCOC(=O)c1cn2c(cc1=O)-c1cc(O)c(O)cc1CC2. The molecule has 2 heterocycles. The average Bonchev–Trinajstić information content (AvgIpc) is 2.48. The van der Waals surface area contributed by atoms with Crippen LogP contribution in [-0.4, -0.2) is 27.4 Å². The lowest BCUT2D eigenvalue weighted by Gasteiger charge is -2.23. The van der Waals surface area contributed by atoms with E-state index in [9.17, 15) is 19.8 Å². The van der Waals surface area contributed by atoms with Crippen molar-refractivity contribution in [2.24, 2.45) is 0 Å². The number of phenols is 2. The first-order valence-electron chi connectivity index (χ1n) is 6.98. The van der Waals surface area contributed by atoms with Crippen LogP contribution in [0.25, 0.3) is 11.3 Å². The minimum absolute atomic E-state index is 0.00273. The molecule has 0 bridgehead atoms. The van der Waals surface area contributed by atoms with Crippen molar-refractivity contribution in [2.75, 3.05) is 6.61 Å². The van der Waals surface area contributed by atoms with E-state index in [4.69, 9.17) is 4.74 Å². The molecule has 0 radical (unpaired) electrons. The number of hydrogen-bond donors (Lipinski definition) is 2. The molecule has 114 valence electrons. The summed E-state index contributed by atoms with van der Waals surface area (Å²) >= 11 is 0. The van der Waals surface area contributed by atoms with E-state index in [1.54, 1.807) is 11.5 Å². The molecule has 0 fully saturated rings. The first-order chi connectivity index (χ1) is 10.5. The number of carbonyl (C=O) groups excluding carboxylic acids is 1. The Hall–Kier alpha value is -2.76. The quantitative estimate of drug-likeness (QED) is 0.650. The maximum absolute atomic E-state index is 12.1. The van der Waals surface area contributed by atoms with Crippen molar-refractivity contribution >= 4 is 5.97 Å². The molecule has 22 heavy (non-hydrogen) atoms. The summed E-state index contributed by atoms with van der Waals surface area (Å²) in [6, 6.07) is 4.29. The molecule has 1 aromatic carbocycles. The minimum atomic E-state index is -0.637. The lowest BCUT2D eigenvalue weighted by molar-refractivity contribution is 0.0524. The summed E-state index contributed by atoms with van der Waals surface area (Å²) in [6.45, 7) is 2.45. The second kappa shape index (κ2) is 5.22. The van der Waals surface area contributed by atoms with Crippen LogP contribution in [0.5, 0.6) is 11.5 Å². The highest BCUT2D eigenvalue weighted by Gasteiger charge is 2.21. The highest BCUT2D eigenvalue weighted by atomic mass is 16.5. The van der Waals surface area contributed by atoms with Crippen molar-refractivity contribution in [3.63, 3.8) is 0 Å². The molecule has 1 aliphatic heterocycles. The van der Waals surface area contributed by atoms with Crippen LogP contribution in [0.4, 0.5) is 0 Å². The van der Waals surface area contributed by atoms with Gasteiger partial charge < -0.3 is 19.5 Å². The molecule has 0 atom stereocenters. The van der Waals surface area contributed by atoms with Gasteiger partial charge in [0.15, 0.2) is 16.9 Å². The van der Waals surface area contributed by atoms with Crippen molar-refractivity contribution in [2.45, 2.75) is 19.9 Å². The zero-order valence-corrected chi connectivity index (χ0v) is 12.0. The van der Waals surface area contributed by atoms with Crippen molar-refractivity contribution in [1.82, 2.24) is 4.57 Å². The van der Waals surface area contributed by atoms with Gasteiger partial charge >= 0.3 is 5.97 Å². The number of rotatable bonds is 2. The smallest absolute Gasteiger partial charge is 0.343 e. The van der Waals surface area contributed by atoms with Gasteiger partial charge in [0.05, 0.1) is 12.3 Å². The zero-order valence-electron chi connectivity index (χ0n) is 12.0. The Morgan fingerprint density at radius 2 is 2.00 bits per heavy atom. The number of carbonyl (C=O) groups is 1. The Morgan fingerprint density at radius 1 is 1.27 bits per heavy atom. The van der Waals surface area contributed by atoms with Gasteiger partial charge in [-0.15, -0.1) is 0 Å². The molecular formula is C16H15NO5. The number of phenolic OH excluding ortho intramolecular Hbond substituents is 2.